The summed E-state index contributed by atoms with van der Waals surface area (Å²) in [4.78, 5) is 10.8. The Balaban J connectivity index is 2.99. The molecule has 0 aliphatic rings. The fourth-order valence-electron chi connectivity index (χ4n) is 1.20. The van der Waals surface area contributed by atoms with Crippen LogP contribution in [0.5, 0.6) is 0 Å². The molecular weight excluding hydrogens is 194 g/mol. The number of benzene rings is 1. The van der Waals surface area contributed by atoms with Gasteiger partial charge in [0.25, 0.3) is 0 Å². The summed E-state index contributed by atoms with van der Waals surface area (Å²) in [6.45, 7) is 0.0645. The van der Waals surface area contributed by atoms with Gasteiger partial charge in [-0.25, -0.2) is 4.79 Å². The third kappa shape index (κ3) is 2.82. The number of hydrogen-bond donors (Lipinski definition) is 3. The normalized spacial score (nSPS) is 10.7. The van der Waals surface area contributed by atoms with Crippen molar-refractivity contribution < 1.29 is 15.0 Å². The molecule has 0 radical (unpaired) electrons. The highest BCUT2D eigenvalue weighted by Crippen LogP contribution is 2.18. The first-order chi connectivity index (χ1) is 7.16. The van der Waals surface area contributed by atoms with Crippen molar-refractivity contribution in [1.29, 1.82) is 0 Å². The molecule has 0 spiro atoms. The maximum absolute atomic E-state index is 10.8. The second kappa shape index (κ2) is 5.17. The number of carbonyl (C=O) groups is 1. The van der Waals surface area contributed by atoms with Crippen LogP contribution >= 0.6 is 0 Å². The summed E-state index contributed by atoms with van der Waals surface area (Å²) in [7, 11) is 0. The van der Waals surface area contributed by atoms with E-state index in [4.69, 9.17) is 15.9 Å². The molecule has 1 aromatic rings. The lowest BCUT2D eigenvalue weighted by Gasteiger charge is -2.03. The lowest BCUT2D eigenvalue weighted by molar-refractivity contribution is 0.0698. The van der Waals surface area contributed by atoms with E-state index in [9.17, 15) is 4.79 Å². The van der Waals surface area contributed by atoms with E-state index in [1.807, 2.05) is 0 Å². The largest absolute Gasteiger partial charge is 0.478 e. The summed E-state index contributed by atoms with van der Waals surface area (Å²) in [5.74, 6) is -1.04. The Morgan fingerprint density at radius 1 is 1.47 bits per heavy atom. The SMILES string of the molecule is Nc1c(C=CCCO)cccc1C(=O)O. The van der Waals surface area contributed by atoms with Crippen LogP contribution in [-0.2, 0) is 0 Å². The molecule has 0 saturated heterocycles. The molecule has 0 heterocycles. The van der Waals surface area contributed by atoms with Crippen molar-refractivity contribution in [3.05, 3.63) is 35.4 Å². The van der Waals surface area contributed by atoms with Crippen LogP contribution in [0.2, 0.25) is 0 Å². The van der Waals surface area contributed by atoms with Crippen LogP contribution in [0.3, 0.4) is 0 Å². The van der Waals surface area contributed by atoms with Gasteiger partial charge in [-0.15, -0.1) is 0 Å². The minimum atomic E-state index is -1.04. The Bertz CT molecular complexity index is 385. The Hall–Kier alpha value is -1.81. The molecule has 0 bridgehead atoms. The Morgan fingerprint density at radius 2 is 2.20 bits per heavy atom. The lowest BCUT2D eigenvalue weighted by Crippen LogP contribution is -2.03. The monoisotopic (exact) mass is 207 g/mol. The van der Waals surface area contributed by atoms with Crippen LogP contribution < -0.4 is 5.73 Å². The Morgan fingerprint density at radius 3 is 2.80 bits per heavy atom. The summed E-state index contributed by atoms with van der Waals surface area (Å²) in [5, 5.41) is 17.4. The molecule has 80 valence electrons. The van der Waals surface area contributed by atoms with Crippen molar-refractivity contribution in [2.45, 2.75) is 6.42 Å². The second-order valence-electron chi connectivity index (χ2n) is 3.03. The van der Waals surface area contributed by atoms with E-state index in [-0.39, 0.29) is 17.9 Å². The number of carboxylic acid groups (broad SMARTS) is 1. The van der Waals surface area contributed by atoms with Crippen LogP contribution in [0.4, 0.5) is 5.69 Å². The molecule has 15 heavy (non-hydrogen) atoms. The van der Waals surface area contributed by atoms with E-state index < -0.39 is 5.97 Å². The van der Waals surface area contributed by atoms with E-state index in [1.165, 1.54) is 6.07 Å². The van der Waals surface area contributed by atoms with Gasteiger partial charge in [0.1, 0.15) is 0 Å². The first kappa shape index (κ1) is 11.3. The van der Waals surface area contributed by atoms with Gasteiger partial charge in [0, 0.05) is 6.61 Å². The van der Waals surface area contributed by atoms with Crippen LogP contribution in [0.15, 0.2) is 24.3 Å². The topological polar surface area (TPSA) is 83.5 Å². The van der Waals surface area contributed by atoms with Gasteiger partial charge in [0.2, 0.25) is 0 Å². The van der Waals surface area contributed by atoms with Gasteiger partial charge in [-0.1, -0.05) is 24.3 Å². The van der Waals surface area contributed by atoms with E-state index in [0.717, 1.165) is 0 Å². The number of aliphatic hydroxyl groups excluding tert-OH is 1. The minimum Gasteiger partial charge on any atom is -0.478 e. The number of nitrogen functional groups attached to an aromatic ring is 1. The predicted molar refractivity (Wildman–Crippen MR) is 58.6 cm³/mol. The fourth-order valence-corrected chi connectivity index (χ4v) is 1.20. The lowest BCUT2D eigenvalue weighted by atomic mass is 10.1. The number of aromatic carboxylic acids is 1. The van der Waals surface area contributed by atoms with Gasteiger partial charge in [0.15, 0.2) is 0 Å². The first-order valence-corrected chi connectivity index (χ1v) is 4.56. The molecule has 0 aliphatic heterocycles. The zero-order valence-corrected chi connectivity index (χ0v) is 8.18. The van der Waals surface area contributed by atoms with Gasteiger partial charge in [-0.05, 0) is 18.1 Å². The molecule has 1 rings (SSSR count). The highest BCUT2D eigenvalue weighted by Gasteiger charge is 2.08. The third-order valence-electron chi connectivity index (χ3n) is 1.96. The standard InChI is InChI=1S/C11H13NO3/c12-10-8(4-1-2-7-13)5-3-6-9(10)11(14)15/h1,3-6,13H,2,7,12H2,(H,14,15). The molecule has 0 fully saturated rings. The smallest absolute Gasteiger partial charge is 0.337 e. The van der Waals surface area contributed by atoms with Crippen LogP contribution in [-0.4, -0.2) is 22.8 Å². The zero-order valence-electron chi connectivity index (χ0n) is 8.18. The van der Waals surface area contributed by atoms with Gasteiger partial charge >= 0.3 is 5.97 Å². The number of para-hydroxylation sites is 1. The van der Waals surface area contributed by atoms with Crippen LogP contribution in [0.25, 0.3) is 6.08 Å². The summed E-state index contributed by atoms with van der Waals surface area (Å²) in [6.07, 6.45) is 3.98. The molecule has 4 N–H and O–H groups in total. The molecular formula is C11H13NO3. The number of rotatable bonds is 4. The number of anilines is 1. The Labute approximate surface area is 87.7 Å². The van der Waals surface area contributed by atoms with E-state index in [1.54, 1.807) is 24.3 Å². The molecule has 0 unspecified atom stereocenters. The van der Waals surface area contributed by atoms with Crippen LogP contribution in [0.1, 0.15) is 22.3 Å². The van der Waals surface area contributed by atoms with Gasteiger partial charge in [0.05, 0.1) is 11.3 Å². The van der Waals surface area contributed by atoms with Gasteiger partial charge < -0.3 is 15.9 Å². The van der Waals surface area contributed by atoms with Crippen LogP contribution in [0, 0.1) is 0 Å². The van der Waals surface area contributed by atoms with Crippen molar-refractivity contribution in [3.63, 3.8) is 0 Å². The molecule has 1 aromatic carbocycles. The quantitative estimate of drug-likeness (QED) is 0.651. The summed E-state index contributed by atoms with van der Waals surface area (Å²) < 4.78 is 0. The van der Waals surface area contributed by atoms with Gasteiger partial charge in [-0.2, -0.15) is 0 Å². The second-order valence-corrected chi connectivity index (χ2v) is 3.03. The maximum atomic E-state index is 10.8. The Kier molecular flexibility index (Phi) is 3.88. The fraction of sp³-hybridized carbons (Fsp3) is 0.182. The maximum Gasteiger partial charge on any atom is 0.337 e. The minimum absolute atomic E-state index is 0.0645. The van der Waals surface area contributed by atoms with Crippen molar-refractivity contribution in [2.24, 2.45) is 0 Å². The van der Waals surface area contributed by atoms with Crippen molar-refractivity contribution in [2.75, 3.05) is 12.3 Å². The highest BCUT2D eigenvalue weighted by molar-refractivity contribution is 5.95. The molecule has 0 aliphatic carbocycles. The summed E-state index contributed by atoms with van der Waals surface area (Å²) >= 11 is 0. The van der Waals surface area contributed by atoms with Crippen molar-refractivity contribution in [1.82, 2.24) is 0 Å². The summed E-state index contributed by atoms with van der Waals surface area (Å²) in [6, 6.07) is 4.83. The van der Waals surface area contributed by atoms with Gasteiger partial charge in [-0.3, -0.25) is 0 Å². The average Bonchev–Trinajstić information content (AvgIpc) is 2.20. The molecule has 0 saturated carbocycles. The first-order valence-electron chi connectivity index (χ1n) is 4.56. The predicted octanol–water partition coefficient (Wildman–Crippen LogP) is 1.36. The average molecular weight is 207 g/mol. The number of nitrogens with two attached hydrogens (primary N) is 1. The van der Waals surface area contributed by atoms with E-state index >= 15 is 0 Å². The molecule has 4 heteroatoms. The molecule has 0 atom stereocenters. The van der Waals surface area contributed by atoms with E-state index in [2.05, 4.69) is 0 Å². The number of hydrogen-bond acceptors (Lipinski definition) is 3. The number of carboxylic acids is 1. The highest BCUT2D eigenvalue weighted by atomic mass is 16.4. The molecule has 4 nitrogen and oxygen atoms in total. The zero-order chi connectivity index (χ0) is 11.3. The molecule has 0 aromatic heterocycles. The van der Waals surface area contributed by atoms with Crippen molar-refractivity contribution in [3.8, 4) is 0 Å². The summed E-state index contributed by atoms with van der Waals surface area (Å²) in [5.41, 5.74) is 6.68. The van der Waals surface area contributed by atoms with E-state index in [0.29, 0.717) is 12.0 Å². The number of aliphatic hydroxyl groups is 1. The van der Waals surface area contributed by atoms with Crippen molar-refractivity contribution >= 4 is 17.7 Å². The third-order valence-corrected chi connectivity index (χ3v) is 1.96. The molecule has 0 amide bonds.